The third-order valence-electron chi connectivity index (χ3n) is 2.69. The van der Waals surface area contributed by atoms with Crippen LogP contribution in [0.15, 0.2) is 48.5 Å². The van der Waals surface area contributed by atoms with E-state index in [1.807, 2.05) is 0 Å². The van der Waals surface area contributed by atoms with E-state index in [9.17, 15) is 0 Å². The van der Waals surface area contributed by atoms with Crippen LogP contribution in [0.5, 0.6) is 0 Å². The average molecular weight is 214 g/mol. The molecule has 1 heteroatoms. The Morgan fingerprint density at radius 1 is 0.867 bits per heavy atom. The van der Waals surface area contributed by atoms with Crippen molar-refractivity contribution in [2.24, 2.45) is 0 Å². The summed E-state index contributed by atoms with van der Waals surface area (Å²) in [5, 5.41) is 1.47. The van der Waals surface area contributed by atoms with Crippen LogP contribution >= 0.6 is 8.58 Å². The molecule has 0 N–H and O–H groups in total. The monoisotopic (exact) mass is 214 g/mol. The van der Waals surface area contributed by atoms with Crippen LogP contribution in [-0.4, -0.2) is 6.66 Å². The zero-order valence-corrected chi connectivity index (χ0v) is 10.1. The zero-order chi connectivity index (χ0) is 10.7. The highest BCUT2D eigenvalue weighted by Gasteiger charge is 2.03. The van der Waals surface area contributed by atoms with Crippen molar-refractivity contribution in [3.05, 3.63) is 54.1 Å². The van der Waals surface area contributed by atoms with Crippen LogP contribution in [-0.2, 0) is 0 Å². The van der Waals surface area contributed by atoms with Crippen LogP contribution in [0.4, 0.5) is 0 Å². The van der Waals surface area contributed by atoms with Gasteiger partial charge in [-0.15, -0.1) is 0 Å². The van der Waals surface area contributed by atoms with Crippen molar-refractivity contribution in [1.29, 1.82) is 0 Å². The van der Waals surface area contributed by atoms with E-state index < -0.39 is 0 Å². The minimum Gasteiger partial charge on any atom is -0.0933 e. The zero-order valence-electron chi connectivity index (χ0n) is 9.12. The van der Waals surface area contributed by atoms with Gasteiger partial charge in [0.1, 0.15) is 0 Å². The lowest BCUT2D eigenvalue weighted by Crippen LogP contribution is -2.00. The Balaban J connectivity index is 2.54. The third kappa shape index (κ3) is 2.11. The molecule has 0 saturated heterocycles. The van der Waals surface area contributed by atoms with Gasteiger partial charge in [0.05, 0.1) is 0 Å². The topological polar surface area (TPSA) is 0 Å². The fourth-order valence-corrected chi connectivity index (χ4v) is 2.61. The van der Waals surface area contributed by atoms with Gasteiger partial charge in [-0.3, -0.25) is 0 Å². The Hall–Kier alpha value is -1.13. The van der Waals surface area contributed by atoms with E-state index in [1.165, 1.54) is 22.0 Å². The van der Waals surface area contributed by atoms with Crippen molar-refractivity contribution in [3.8, 4) is 11.1 Å². The maximum absolute atomic E-state index is 2.23. The van der Waals surface area contributed by atoms with Gasteiger partial charge >= 0.3 is 0 Å². The van der Waals surface area contributed by atoms with Crippen molar-refractivity contribution < 1.29 is 0 Å². The Labute approximate surface area is 93.1 Å². The summed E-state index contributed by atoms with van der Waals surface area (Å²) >= 11 is 0. The molecule has 1 atom stereocenters. The molecule has 1 unspecified atom stereocenters. The second kappa shape index (κ2) is 4.59. The van der Waals surface area contributed by atoms with Crippen LogP contribution in [0.3, 0.4) is 0 Å². The standard InChI is InChI=1S/C14H15P/c1-11-13(9-6-10-14(11)15-2)12-7-4-3-5-8-12/h3-10,15H,1-2H3. The highest BCUT2D eigenvalue weighted by molar-refractivity contribution is 7.46. The van der Waals surface area contributed by atoms with Crippen LogP contribution in [0.2, 0.25) is 0 Å². The molecule has 0 aliphatic heterocycles. The Morgan fingerprint density at radius 3 is 2.27 bits per heavy atom. The average Bonchev–Trinajstić information content (AvgIpc) is 2.30. The molecule has 2 aromatic carbocycles. The second-order valence-corrected chi connectivity index (χ2v) is 4.63. The molecule has 0 fully saturated rings. The molecule has 2 rings (SSSR count). The second-order valence-electron chi connectivity index (χ2n) is 3.59. The molecule has 0 aliphatic rings. The van der Waals surface area contributed by atoms with Gasteiger partial charge in [-0.1, -0.05) is 57.1 Å². The molecule has 0 aliphatic carbocycles. The van der Waals surface area contributed by atoms with E-state index in [2.05, 4.69) is 62.1 Å². The molecular formula is C14H15P. The SMILES string of the molecule is CPc1cccc(-c2ccccc2)c1C. The Kier molecular flexibility index (Phi) is 3.18. The van der Waals surface area contributed by atoms with Gasteiger partial charge < -0.3 is 0 Å². The van der Waals surface area contributed by atoms with Crippen molar-refractivity contribution in [2.45, 2.75) is 6.92 Å². The highest BCUT2D eigenvalue weighted by atomic mass is 31.1. The van der Waals surface area contributed by atoms with Gasteiger partial charge in [0.25, 0.3) is 0 Å². The van der Waals surface area contributed by atoms with E-state index in [0.717, 1.165) is 8.58 Å². The van der Waals surface area contributed by atoms with Gasteiger partial charge in [0, 0.05) is 0 Å². The molecule has 0 nitrogen and oxygen atoms in total. The largest absolute Gasteiger partial charge is 0.0933 e. The minimum absolute atomic E-state index is 0.870. The first kappa shape index (κ1) is 10.4. The van der Waals surface area contributed by atoms with E-state index in [0.29, 0.717) is 0 Å². The van der Waals surface area contributed by atoms with Crippen molar-refractivity contribution in [1.82, 2.24) is 0 Å². The summed E-state index contributed by atoms with van der Waals surface area (Å²) in [7, 11) is 0.870. The molecule has 0 amide bonds. The van der Waals surface area contributed by atoms with Gasteiger partial charge in [0.2, 0.25) is 0 Å². The van der Waals surface area contributed by atoms with Gasteiger partial charge in [-0.25, -0.2) is 0 Å². The van der Waals surface area contributed by atoms with E-state index in [4.69, 9.17) is 0 Å². The first-order chi connectivity index (χ1) is 7.33. The van der Waals surface area contributed by atoms with Crippen molar-refractivity contribution in [3.63, 3.8) is 0 Å². The smallest absolute Gasteiger partial charge is 0.0148 e. The third-order valence-corrected chi connectivity index (χ3v) is 3.77. The number of benzene rings is 2. The summed E-state index contributed by atoms with van der Waals surface area (Å²) in [6.45, 7) is 4.45. The Morgan fingerprint density at radius 2 is 1.60 bits per heavy atom. The number of hydrogen-bond donors (Lipinski definition) is 0. The minimum atomic E-state index is 0.870. The van der Waals surface area contributed by atoms with Crippen molar-refractivity contribution in [2.75, 3.05) is 6.66 Å². The summed E-state index contributed by atoms with van der Waals surface area (Å²) < 4.78 is 0. The summed E-state index contributed by atoms with van der Waals surface area (Å²) in [5.74, 6) is 0. The molecule has 0 spiro atoms. The van der Waals surface area contributed by atoms with Crippen LogP contribution in [0.25, 0.3) is 11.1 Å². The molecular weight excluding hydrogens is 199 g/mol. The molecule has 15 heavy (non-hydrogen) atoms. The summed E-state index contributed by atoms with van der Waals surface area (Å²) in [4.78, 5) is 0. The maximum Gasteiger partial charge on any atom is -0.0148 e. The van der Waals surface area contributed by atoms with Crippen LogP contribution in [0, 0.1) is 6.92 Å². The lowest BCUT2D eigenvalue weighted by molar-refractivity contribution is 1.49. The number of hydrogen-bond acceptors (Lipinski definition) is 0. The number of rotatable bonds is 2. The van der Waals surface area contributed by atoms with Gasteiger partial charge in [-0.05, 0) is 35.6 Å². The molecule has 0 heterocycles. The highest BCUT2D eigenvalue weighted by Crippen LogP contribution is 2.23. The van der Waals surface area contributed by atoms with E-state index >= 15 is 0 Å². The molecule has 0 saturated carbocycles. The normalized spacial score (nSPS) is 11.1. The van der Waals surface area contributed by atoms with E-state index in [-0.39, 0.29) is 0 Å². The summed E-state index contributed by atoms with van der Waals surface area (Å²) in [6.07, 6.45) is 0. The predicted molar refractivity (Wildman–Crippen MR) is 70.5 cm³/mol. The van der Waals surface area contributed by atoms with Crippen LogP contribution < -0.4 is 5.30 Å². The predicted octanol–water partition coefficient (Wildman–Crippen LogP) is 3.60. The molecule has 0 aromatic heterocycles. The van der Waals surface area contributed by atoms with E-state index in [1.54, 1.807) is 0 Å². The van der Waals surface area contributed by atoms with Crippen LogP contribution in [0.1, 0.15) is 5.56 Å². The molecule has 0 bridgehead atoms. The Bertz CT molecular complexity index is 446. The van der Waals surface area contributed by atoms with Crippen molar-refractivity contribution >= 4 is 13.9 Å². The molecule has 0 radical (unpaired) electrons. The quantitative estimate of drug-likeness (QED) is 0.670. The first-order valence-corrected chi connectivity index (χ1v) is 6.65. The molecule has 76 valence electrons. The van der Waals surface area contributed by atoms with Gasteiger partial charge in [0.15, 0.2) is 0 Å². The maximum atomic E-state index is 2.23. The summed E-state index contributed by atoms with van der Waals surface area (Å²) in [5.41, 5.74) is 4.10. The fourth-order valence-electron chi connectivity index (χ4n) is 1.84. The lowest BCUT2D eigenvalue weighted by Gasteiger charge is -2.09. The lowest BCUT2D eigenvalue weighted by atomic mass is 10.0. The summed E-state index contributed by atoms with van der Waals surface area (Å²) in [6, 6.07) is 17.2. The fraction of sp³-hybridized carbons (Fsp3) is 0.143. The first-order valence-electron chi connectivity index (χ1n) is 5.15. The van der Waals surface area contributed by atoms with Gasteiger partial charge in [-0.2, -0.15) is 0 Å². The molecule has 2 aromatic rings.